The maximum Gasteiger partial charge on any atom is 0.266 e. The van der Waals surface area contributed by atoms with Gasteiger partial charge in [0, 0.05) is 23.9 Å². The average molecular weight is 391 g/mol. The van der Waals surface area contributed by atoms with Crippen molar-refractivity contribution in [2.75, 3.05) is 18.9 Å². The highest BCUT2D eigenvalue weighted by Crippen LogP contribution is 2.29. The molecule has 0 aliphatic carbocycles. The number of methoxy groups -OCH3 is 2. The van der Waals surface area contributed by atoms with Gasteiger partial charge in [0.15, 0.2) is 5.82 Å². The van der Waals surface area contributed by atoms with E-state index < -0.39 is 10.0 Å². The van der Waals surface area contributed by atoms with Gasteiger partial charge < -0.3 is 9.47 Å². The third-order valence-corrected chi connectivity index (χ3v) is 5.22. The maximum absolute atomic E-state index is 13.7. The molecule has 0 saturated heterocycles. The average Bonchev–Trinajstić information content (AvgIpc) is 3.09. The van der Waals surface area contributed by atoms with Gasteiger partial charge in [-0.05, 0) is 18.2 Å². The summed E-state index contributed by atoms with van der Waals surface area (Å²) in [4.78, 5) is -0.0468. The molecule has 0 bridgehead atoms. The Balaban J connectivity index is 1.81. The van der Waals surface area contributed by atoms with E-state index in [2.05, 4.69) is 9.82 Å². The topological polar surface area (TPSA) is 82.5 Å². The van der Waals surface area contributed by atoms with Crippen LogP contribution in [0.4, 0.5) is 10.2 Å². The van der Waals surface area contributed by atoms with E-state index in [0.717, 1.165) is 0 Å². The smallest absolute Gasteiger partial charge is 0.266 e. The third-order valence-electron chi connectivity index (χ3n) is 3.83. The summed E-state index contributed by atoms with van der Waals surface area (Å²) in [5.41, 5.74) is 0.451. The number of nitrogens with one attached hydrogen (secondary N) is 1. The minimum Gasteiger partial charge on any atom is -0.497 e. The van der Waals surface area contributed by atoms with Gasteiger partial charge in [0.05, 0.1) is 20.8 Å². The molecule has 1 N–H and O–H groups in total. The molecule has 0 fully saturated rings. The summed E-state index contributed by atoms with van der Waals surface area (Å²) in [5, 5.41) is 4.14. The lowest BCUT2D eigenvalue weighted by Crippen LogP contribution is -2.15. The summed E-state index contributed by atoms with van der Waals surface area (Å²) in [6, 6.07) is 12.2. The minimum absolute atomic E-state index is 0.0468. The number of rotatable bonds is 7. The molecule has 9 heteroatoms. The second-order valence-electron chi connectivity index (χ2n) is 5.61. The SMILES string of the molecule is COc1ccc(S(=O)(=O)Nc2ccn(Cc3ccccc3F)n2)c(OC)c1. The van der Waals surface area contributed by atoms with Gasteiger partial charge in [-0.2, -0.15) is 5.10 Å². The second-order valence-corrected chi connectivity index (χ2v) is 7.26. The Bertz CT molecular complexity index is 1050. The first-order valence-electron chi connectivity index (χ1n) is 7.94. The van der Waals surface area contributed by atoms with Crippen molar-refractivity contribution in [3.63, 3.8) is 0 Å². The van der Waals surface area contributed by atoms with Crippen LogP contribution in [0.15, 0.2) is 59.6 Å². The van der Waals surface area contributed by atoms with E-state index in [1.807, 2.05) is 0 Å². The Labute approximate surface area is 156 Å². The van der Waals surface area contributed by atoms with Crippen molar-refractivity contribution in [3.05, 3.63) is 66.1 Å². The molecular formula is C18H18FN3O4S. The molecule has 1 heterocycles. The van der Waals surface area contributed by atoms with Crippen molar-refractivity contribution in [1.29, 1.82) is 0 Å². The molecule has 0 amide bonds. The molecule has 2 aromatic carbocycles. The Morgan fingerprint density at radius 2 is 1.89 bits per heavy atom. The molecule has 0 radical (unpaired) electrons. The van der Waals surface area contributed by atoms with Crippen LogP contribution in [0.5, 0.6) is 11.5 Å². The van der Waals surface area contributed by atoms with Crippen molar-refractivity contribution in [3.8, 4) is 11.5 Å². The fourth-order valence-corrected chi connectivity index (χ4v) is 3.64. The summed E-state index contributed by atoms with van der Waals surface area (Å²) in [5.74, 6) is 0.384. The van der Waals surface area contributed by atoms with Gasteiger partial charge in [-0.25, -0.2) is 12.8 Å². The minimum atomic E-state index is -3.93. The van der Waals surface area contributed by atoms with Crippen LogP contribution in [0.2, 0.25) is 0 Å². The Morgan fingerprint density at radius 3 is 2.59 bits per heavy atom. The zero-order valence-electron chi connectivity index (χ0n) is 14.7. The first-order chi connectivity index (χ1) is 12.9. The van der Waals surface area contributed by atoms with Gasteiger partial charge in [-0.1, -0.05) is 18.2 Å². The molecule has 0 spiro atoms. The van der Waals surface area contributed by atoms with Crippen LogP contribution >= 0.6 is 0 Å². The standard InChI is InChI=1S/C18H18FN3O4S/c1-25-14-7-8-17(16(11-14)26-2)27(23,24)21-18-9-10-22(20-18)12-13-5-3-4-6-15(13)19/h3-11H,12H2,1-2H3,(H,20,21). The lowest BCUT2D eigenvalue weighted by atomic mass is 10.2. The molecule has 0 aliphatic rings. The molecule has 3 aromatic rings. The number of anilines is 1. The van der Waals surface area contributed by atoms with Crippen molar-refractivity contribution >= 4 is 15.8 Å². The Kier molecular flexibility index (Phi) is 5.31. The highest BCUT2D eigenvalue weighted by molar-refractivity contribution is 7.92. The molecule has 0 saturated carbocycles. The quantitative estimate of drug-likeness (QED) is 0.670. The van der Waals surface area contributed by atoms with Crippen LogP contribution in [0.1, 0.15) is 5.56 Å². The van der Waals surface area contributed by atoms with E-state index in [0.29, 0.717) is 11.3 Å². The molecule has 7 nitrogen and oxygen atoms in total. The zero-order chi connectivity index (χ0) is 19.4. The van der Waals surface area contributed by atoms with Crippen LogP contribution in [0.25, 0.3) is 0 Å². The van der Waals surface area contributed by atoms with E-state index in [1.165, 1.54) is 49.2 Å². The van der Waals surface area contributed by atoms with Crippen molar-refractivity contribution in [1.82, 2.24) is 9.78 Å². The van der Waals surface area contributed by atoms with Gasteiger partial charge in [0.25, 0.3) is 10.0 Å². The van der Waals surface area contributed by atoms with E-state index in [4.69, 9.17) is 9.47 Å². The number of ether oxygens (including phenoxy) is 2. The number of benzene rings is 2. The second kappa shape index (κ2) is 7.67. The molecule has 0 aliphatic heterocycles. The van der Waals surface area contributed by atoms with E-state index in [1.54, 1.807) is 24.4 Å². The fourth-order valence-electron chi connectivity index (χ4n) is 2.49. The Hall–Kier alpha value is -3.07. The Morgan fingerprint density at radius 1 is 1.11 bits per heavy atom. The van der Waals surface area contributed by atoms with Crippen molar-refractivity contribution in [2.45, 2.75) is 11.4 Å². The number of nitrogens with zero attached hydrogens (tertiary/aromatic N) is 2. The monoisotopic (exact) mass is 391 g/mol. The number of sulfonamides is 1. The van der Waals surface area contributed by atoms with Crippen LogP contribution in [0, 0.1) is 5.82 Å². The van der Waals surface area contributed by atoms with Crippen LogP contribution in [-0.4, -0.2) is 32.4 Å². The van der Waals surface area contributed by atoms with E-state index >= 15 is 0 Å². The molecule has 142 valence electrons. The van der Waals surface area contributed by atoms with Gasteiger partial charge >= 0.3 is 0 Å². The molecule has 0 atom stereocenters. The van der Waals surface area contributed by atoms with E-state index in [9.17, 15) is 12.8 Å². The summed E-state index contributed by atoms with van der Waals surface area (Å²) in [6.45, 7) is 0.181. The van der Waals surface area contributed by atoms with Crippen LogP contribution in [0.3, 0.4) is 0 Å². The van der Waals surface area contributed by atoms with Gasteiger partial charge in [-0.3, -0.25) is 9.40 Å². The van der Waals surface area contributed by atoms with Crippen LogP contribution in [-0.2, 0) is 16.6 Å². The number of aromatic nitrogens is 2. The summed E-state index contributed by atoms with van der Waals surface area (Å²) in [6.07, 6.45) is 1.57. The molecule has 1 aromatic heterocycles. The normalized spacial score (nSPS) is 11.2. The molecule has 27 heavy (non-hydrogen) atoms. The third kappa shape index (κ3) is 4.20. The number of halogens is 1. The van der Waals surface area contributed by atoms with Crippen LogP contribution < -0.4 is 14.2 Å². The van der Waals surface area contributed by atoms with Gasteiger partial charge in [0.1, 0.15) is 22.2 Å². The predicted octanol–water partition coefficient (Wildman–Crippen LogP) is 2.89. The summed E-state index contributed by atoms with van der Waals surface area (Å²) >= 11 is 0. The largest absolute Gasteiger partial charge is 0.497 e. The van der Waals surface area contributed by atoms with E-state index in [-0.39, 0.29) is 28.8 Å². The molecule has 3 rings (SSSR count). The first-order valence-corrected chi connectivity index (χ1v) is 9.43. The zero-order valence-corrected chi connectivity index (χ0v) is 15.5. The fraction of sp³-hybridized carbons (Fsp3) is 0.167. The van der Waals surface area contributed by atoms with Gasteiger partial charge in [0.2, 0.25) is 0 Å². The number of hydrogen-bond acceptors (Lipinski definition) is 5. The van der Waals surface area contributed by atoms with Crippen molar-refractivity contribution < 1.29 is 22.3 Å². The highest BCUT2D eigenvalue weighted by atomic mass is 32.2. The predicted molar refractivity (Wildman–Crippen MR) is 98.1 cm³/mol. The van der Waals surface area contributed by atoms with Crippen molar-refractivity contribution in [2.24, 2.45) is 0 Å². The highest BCUT2D eigenvalue weighted by Gasteiger charge is 2.21. The number of hydrogen-bond donors (Lipinski definition) is 1. The summed E-state index contributed by atoms with van der Waals surface area (Å²) in [7, 11) is -1.08. The lowest BCUT2D eigenvalue weighted by molar-refractivity contribution is 0.386. The maximum atomic E-state index is 13.7. The lowest BCUT2D eigenvalue weighted by Gasteiger charge is -2.11. The van der Waals surface area contributed by atoms with Gasteiger partial charge in [-0.15, -0.1) is 0 Å². The molecule has 0 unspecified atom stereocenters. The molecular weight excluding hydrogens is 373 g/mol. The first kappa shape index (κ1) is 18.7. The summed E-state index contributed by atoms with van der Waals surface area (Å²) < 4.78 is 53.1.